The molecule has 128 valence electrons. The third-order valence-electron chi connectivity index (χ3n) is 3.61. The number of benzene rings is 1. The average molecular weight is 376 g/mol. The van der Waals surface area contributed by atoms with Gasteiger partial charge in [-0.3, -0.25) is 9.78 Å². The molecule has 1 aromatic carbocycles. The van der Waals surface area contributed by atoms with Gasteiger partial charge in [0.1, 0.15) is 5.69 Å². The molecule has 1 N–H and O–H groups in total. The first kappa shape index (κ1) is 17.5. The first-order valence-corrected chi connectivity index (χ1v) is 8.43. The van der Waals surface area contributed by atoms with Gasteiger partial charge in [0.2, 0.25) is 5.91 Å². The summed E-state index contributed by atoms with van der Waals surface area (Å²) in [4.78, 5) is 20.7. The Kier molecular flexibility index (Phi) is 5.68. The Bertz CT molecular complexity index is 867. The van der Waals surface area contributed by atoms with Crippen LogP contribution < -0.4 is 5.32 Å². The van der Waals surface area contributed by atoms with Gasteiger partial charge in [-0.05, 0) is 36.2 Å². The van der Waals surface area contributed by atoms with E-state index in [0.29, 0.717) is 40.0 Å². The summed E-state index contributed by atoms with van der Waals surface area (Å²) in [6, 6.07) is 8.95. The summed E-state index contributed by atoms with van der Waals surface area (Å²) < 4.78 is 5.35. The van der Waals surface area contributed by atoms with Crippen LogP contribution in [0, 0.1) is 0 Å². The molecular weight excluding hydrogens is 361 g/mol. The lowest BCUT2D eigenvalue weighted by atomic mass is 10.1. The zero-order valence-electron chi connectivity index (χ0n) is 13.2. The number of aryl methyl sites for hydroxylation is 1. The Morgan fingerprint density at radius 3 is 2.72 bits per heavy atom. The number of aromatic nitrogens is 2. The number of nitrogens with zero attached hydrogens (tertiary/aromatic N) is 2. The maximum absolute atomic E-state index is 12.1. The Morgan fingerprint density at radius 2 is 1.96 bits per heavy atom. The number of nitrogens with one attached hydrogen (secondary N) is 1. The molecule has 2 aromatic heterocycles. The van der Waals surface area contributed by atoms with Crippen LogP contribution in [-0.2, 0) is 17.8 Å². The molecule has 5 nitrogen and oxygen atoms in total. The molecule has 0 radical (unpaired) electrons. The number of carbonyl (C=O) groups is 1. The van der Waals surface area contributed by atoms with Gasteiger partial charge >= 0.3 is 0 Å². The minimum atomic E-state index is -0.0814. The van der Waals surface area contributed by atoms with E-state index in [1.165, 1.54) is 0 Å². The van der Waals surface area contributed by atoms with E-state index in [-0.39, 0.29) is 12.5 Å². The fraction of sp³-hybridized carbons (Fsp3) is 0.167. The summed E-state index contributed by atoms with van der Waals surface area (Å²) in [5.41, 5.74) is 2.23. The quantitative estimate of drug-likeness (QED) is 0.697. The third-order valence-corrected chi connectivity index (χ3v) is 4.35. The summed E-state index contributed by atoms with van der Waals surface area (Å²) in [6.45, 7) is 0.282. The number of hydrogen-bond acceptors (Lipinski definition) is 4. The fourth-order valence-corrected chi connectivity index (χ4v) is 2.66. The Balaban J connectivity index is 1.57. The fourth-order valence-electron chi connectivity index (χ4n) is 2.34. The Morgan fingerprint density at radius 1 is 1.12 bits per heavy atom. The van der Waals surface area contributed by atoms with Crippen molar-refractivity contribution in [2.75, 3.05) is 0 Å². The van der Waals surface area contributed by atoms with E-state index in [9.17, 15) is 4.79 Å². The molecule has 3 rings (SSSR count). The van der Waals surface area contributed by atoms with E-state index >= 15 is 0 Å². The predicted octanol–water partition coefficient (Wildman–Crippen LogP) is 4.29. The number of halogens is 2. The van der Waals surface area contributed by atoms with Gasteiger partial charge in [-0.2, -0.15) is 0 Å². The molecule has 1 amide bonds. The SMILES string of the molecule is O=C(CCc1ccc(Cl)c(Cl)c1)NCc1nccnc1-c1ccco1. The zero-order chi connectivity index (χ0) is 17.6. The molecule has 0 atom stereocenters. The highest BCUT2D eigenvalue weighted by Gasteiger charge is 2.11. The van der Waals surface area contributed by atoms with Crippen LogP contribution in [0.15, 0.2) is 53.4 Å². The zero-order valence-corrected chi connectivity index (χ0v) is 14.7. The molecule has 25 heavy (non-hydrogen) atoms. The van der Waals surface area contributed by atoms with Crippen LogP contribution in [0.2, 0.25) is 10.0 Å². The van der Waals surface area contributed by atoms with Crippen LogP contribution in [0.1, 0.15) is 17.7 Å². The van der Waals surface area contributed by atoms with Crippen LogP contribution in [0.4, 0.5) is 0 Å². The number of amides is 1. The van der Waals surface area contributed by atoms with Crippen molar-refractivity contribution >= 4 is 29.1 Å². The highest BCUT2D eigenvalue weighted by atomic mass is 35.5. The van der Waals surface area contributed by atoms with Gasteiger partial charge in [-0.15, -0.1) is 0 Å². The first-order valence-electron chi connectivity index (χ1n) is 7.68. The standard InChI is InChI=1S/C18H15Cl2N3O2/c19-13-5-3-12(10-14(13)20)4-6-17(24)23-11-15-18(22-8-7-21-15)16-2-1-9-25-16/h1-3,5,7-10H,4,6,11H2,(H,23,24). The van der Waals surface area contributed by atoms with Crippen LogP contribution in [0.5, 0.6) is 0 Å². The highest BCUT2D eigenvalue weighted by Crippen LogP contribution is 2.23. The van der Waals surface area contributed by atoms with Crippen LogP contribution in [-0.4, -0.2) is 15.9 Å². The molecule has 0 aliphatic heterocycles. The second-order valence-electron chi connectivity index (χ2n) is 5.35. The maximum atomic E-state index is 12.1. The molecule has 3 aromatic rings. The topological polar surface area (TPSA) is 68.0 Å². The molecule has 7 heteroatoms. The molecule has 0 unspecified atom stereocenters. The van der Waals surface area contributed by atoms with Crippen LogP contribution in [0.25, 0.3) is 11.5 Å². The van der Waals surface area contributed by atoms with Gasteiger partial charge in [-0.1, -0.05) is 29.3 Å². The van der Waals surface area contributed by atoms with Crippen molar-refractivity contribution in [3.8, 4) is 11.5 Å². The number of hydrogen-bond donors (Lipinski definition) is 1. The third kappa shape index (κ3) is 4.59. The number of rotatable bonds is 6. The molecule has 0 saturated carbocycles. The Hall–Kier alpha value is -2.37. The van der Waals surface area contributed by atoms with Gasteiger partial charge in [-0.25, -0.2) is 4.98 Å². The second-order valence-corrected chi connectivity index (χ2v) is 6.17. The van der Waals surface area contributed by atoms with E-state index in [1.807, 2.05) is 6.07 Å². The minimum Gasteiger partial charge on any atom is -0.463 e. The highest BCUT2D eigenvalue weighted by molar-refractivity contribution is 6.42. The van der Waals surface area contributed by atoms with Crippen molar-refractivity contribution in [1.82, 2.24) is 15.3 Å². The molecule has 0 fully saturated rings. The van der Waals surface area contributed by atoms with Crippen molar-refractivity contribution in [2.45, 2.75) is 19.4 Å². The van der Waals surface area contributed by atoms with Crippen LogP contribution in [0.3, 0.4) is 0 Å². The van der Waals surface area contributed by atoms with Crippen molar-refractivity contribution in [2.24, 2.45) is 0 Å². The van der Waals surface area contributed by atoms with Gasteiger partial charge in [0.15, 0.2) is 5.76 Å². The van der Waals surface area contributed by atoms with Crippen molar-refractivity contribution in [3.63, 3.8) is 0 Å². The van der Waals surface area contributed by atoms with Gasteiger partial charge in [0.25, 0.3) is 0 Å². The summed E-state index contributed by atoms with van der Waals surface area (Å²) in [6.07, 6.45) is 5.67. The smallest absolute Gasteiger partial charge is 0.220 e. The van der Waals surface area contributed by atoms with E-state index in [2.05, 4.69) is 15.3 Å². The summed E-state index contributed by atoms with van der Waals surface area (Å²) in [5, 5.41) is 3.85. The van der Waals surface area contributed by atoms with E-state index in [0.717, 1.165) is 5.56 Å². The average Bonchev–Trinajstić information content (AvgIpc) is 3.15. The van der Waals surface area contributed by atoms with E-state index < -0.39 is 0 Å². The van der Waals surface area contributed by atoms with Crippen LogP contribution >= 0.6 is 23.2 Å². The number of carbonyl (C=O) groups excluding carboxylic acids is 1. The van der Waals surface area contributed by atoms with Gasteiger partial charge in [0, 0.05) is 18.8 Å². The lowest BCUT2D eigenvalue weighted by Gasteiger charge is -2.08. The molecule has 0 spiro atoms. The predicted molar refractivity (Wildman–Crippen MR) is 96.4 cm³/mol. The minimum absolute atomic E-state index is 0.0814. The molecule has 0 aliphatic carbocycles. The lowest BCUT2D eigenvalue weighted by molar-refractivity contribution is -0.121. The van der Waals surface area contributed by atoms with Gasteiger partial charge < -0.3 is 9.73 Å². The van der Waals surface area contributed by atoms with E-state index in [1.54, 1.807) is 42.9 Å². The van der Waals surface area contributed by atoms with Crippen molar-refractivity contribution < 1.29 is 9.21 Å². The maximum Gasteiger partial charge on any atom is 0.220 e. The monoisotopic (exact) mass is 375 g/mol. The molecule has 0 saturated heterocycles. The first-order chi connectivity index (χ1) is 12.1. The normalized spacial score (nSPS) is 10.6. The lowest BCUT2D eigenvalue weighted by Crippen LogP contribution is -2.24. The molecule has 0 bridgehead atoms. The molecule has 2 heterocycles. The largest absolute Gasteiger partial charge is 0.463 e. The van der Waals surface area contributed by atoms with Gasteiger partial charge in [0.05, 0.1) is 28.5 Å². The molecular formula is C18H15Cl2N3O2. The molecule has 0 aliphatic rings. The summed E-state index contributed by atoms with van der Waals surface area (Å²) in [5.74, 6) is 0.537. The Labute approximate surface area is 155 Å². The van der Waals surface area contributed by atoms with Crippen molar-refractivity contribution in [3.05, 3.63) is 70.3 Å². The summed E-state index contributed by atoms with van der Waals surface area (Å²) in [7, 11) is 0. The summed E-state index contributed by atoms with van der Waals surface area (Å²) >= 11 is 11.9. The second kappa shape index (κ2) is 8.14. The number of furan rings is 1. The van der Waals surface area contributed by atoms with Crippen molar-refractivity contribution in [1.29, 1.82) is 0 Å². The van der Waals surface area contributed by atoms with E-state index in [4.69, 9.17) is 27.6 Å².